The van der Waals surface area contributed by atoms with E-state index in [4.69, 9.17) is 7.85 Å². The minimum absolute atomic E-state index is 0.330. The van der Waals surface area contributed by atoms with Gasteiger partial charge in [-0.25, -0.2) is 4.98 Å². The number of carbonyl (C=O) groups is 2. The highest BCUT2D eigenvalue weighted by atomic mass is 16.2. The van der Waals surface area contributed by atoms with Crippen LogP contribution in [0, 0.1) is 0 Å². The molecule has 2 N–H and O–H groups in total. The van der Waals surface area contributed by atoms with Crippen LogP contribution in [-0.4, -0.2) is 56.1 Å². The van der Waals surface area contributed by atoms with Gasteiger partial charge >= 0.3 is 0 Å². The Morgan fingerprint density at radius 2 is 2.04 bits per heavy atom. The predicted octanol–water partition coefficient (Wildman–Crippen LogP) is 0.908. The van der Waals surface area contributed by atoms with Gasteiger partial charge in [-0.15, -0.1) is 0 Å². The molecule has 3 rings (SSSR count). The second-order valence-electron chi connectivity index (χ2n) is 6.85. The van der Waals surface area contributed by atoms with Gasteiger partial charge in [0.15, 0.2) is 0 Å². The number of hydrogen-bond acceptors (Lipinski definition) is 5. The maximum atomic E-state index is 12.4. The highest BCUT2D eigenvalue weighted by molar-refractivity contribution is 6.33. The lowest BCUT2D eigenvalue weighted by Gasteiger charge is -2.27. The van der Waals surface area contributed by atoms with E-state index in [1.165, 1.54) is 0 Å². The first-order chi connectivity index (χ1) is 13.0. The molecule has 1 aliphatic rings. The predicted molar refractivity (Wildman–Crippen MR) is 108 cm³/mol. The first-order valence-corrected chi connectivity index (χ1v) is 9.04. The van der Waals surface area contributed by atoms with Gasteiger partial charge in [0.2, 0.25) is 0 Å². The third-order valence-electron chi connectivity index (χ3n) is 4.87. The van der Waals surface area contributed by atoms with Gasteiger partial charge in [0.25, 0.3) is 5.91 Å². The van der Waals surface area contributed by atoms with E-state index in [0.29, 0.717) is 28.7 Å². The van der Waals surface area contributed by atoms with Crippen molar-refractivity contribution >= 4 is 42.2 Å². The average molecular weight is 362 g/mol. The number of aromatic nitrogens is 1. The van der Waals surface area contributed by atoms with Crippen molar-refractivity contribution in [2.75, 3.05) is 31.5 Å². The molecule has 0 aliphatic carbocycles. The number of piperazine rings is 1. The van der Waals surface area contributed by atoms with Crippen LogP contribution < -0.4 is 16.1 Å². The fraction of sp³-hybridized carbons (Fsp3) is 0.350. The summed E-state index contributed by atoms with van der Waals surface area (Å²) in [7, 11) is 5.92. The summed E-state index contributed by atoms with van der Waals surface area (Å²) in [6, 6.07) is 7.56. The molecular weight excluding hydrogens is 339 g/mol. The largest absolute Gasteiger partial charge is 0.314 e. The number of nitrogens with one attached hydrogen (secondary N) is 2. The average Bonchev–Trinajstić information content (AvgIpc) is 2.67. The number of benzene rings is 1. The van der Waals surface area contributed by atoms with E-state index < -0.39 is 0 Å². The summed E-state index contributed by atoms with van der Waals surface area (Å²) in [5.41, 5.74) is 3.23. The molecule has 27 heavy (non-hydrogen) atoms. The monoisotopic (exact) mass is 362 g/mol. The number of rotatable bonds is 5. The van der Waals surface area contributed by atoms with Crippen molar-refractivity contribution in [3.05, 3.63) is 41.0 Å². The molecule has 0 bridgehead atoms. The van der Waals surface area contributed by atoms with Crippen molar-refractivity contribution in [1.29, 1.82) is 0 Å². The molecule has 1 aromatic carbocycles. The van der Waals surface area contributed by atoms with Crippen LogP contribution in [0.3, 0.4) is 0 Å². The SMILES string of the molecule is [B]c1ccc2c(CN3CCNCC3)cc(NC(=O)/C(C)=C(/C)C=O)nc2c1. The van der Waals surface area contributed by atoms with Crippen molar-refractivity contribution < 1.29 is 9.59 Å². The van der Waals surface area contributed by atoms with Crippen molar-refractivity contribution in [1.82, 2.24) is 15.2 Å². The molecule has 0 atom stereocenters. The highest BCUT2D eigenvalue weighted by Gasteiger charge is 2.15. The van der Waals surface area contributed by atoms with Crippen LogP contribution in [-0.2, 0) is 16.1 Å². The van der Waals surface area contributed by atoms with Gasteiger partial charge in [0.1, 0.15) is 20.0 Å². The normalized spacial score (nSPS) is 16.1. The van der Waals surface area contributed by atoms with Crippen molar-refractivity contribution in [3.63, 3.8) is 0 Å². The Kier molecular flexibility index (Phi) is 6.03. The third kappa shape index (κ3) is 4.62. The smallest absolute Gasteiger partial charge is 0.252 e. The van der Waals surface area contributed by atoms with Crippen molar-refractivity contribution in [2.24, 2.45) is 0 Å². The zero-order chi connectivity index (χ0) is 19.4. The second kappa shape index (κ2) is 8.46. The van der Waals surface area contributed by atoms with E-state index in [1.54, 1.807) is 13.8 Å². The Bertz CT molecular complexity index is 904. The van der Waals surface area contributed by atoms with E-state index in [0.717, 1.165) is 49.2 Å². The third-order valence-corrected chi connectivity index (χ3v) is 4.87. The van der Waals surface area contributed by atoms with Crippen LogP contribution in [0.1, 0.15) is 19.4 Å². The van der Waals surface area contributed by atoms with E-state index in [9.17, 15) is 9.59 Å². The van der Waals surface area contributed by atoms with Gasteiger partial charge in [0, 0.05) is 43.7 Å². The standard InChI is InChI=1S/C20H23BN4O2/c1-13(12-26)14(2)20(27)24-19-9-15(11-25-7-5-22-6-8-25)17-4-3-16(21)10-18(17)23-19/h3-4,9-10,12,22H,5-8,11H2,1-2H3,(H,23,24,27)/b14-13-. The van der Waals surface area contributed by atoms with Gasteiger partial charge in [-0.3, -0.25) is 14.5 Å². The summed E-state index contributed by atoms with van der Waals surface area (Å²) in [5.74, 6) is 0.129. The minimum atomic E-state index is -0.330. The fourth-order valence-corrected chi connectivity index (χ4v) is 3.10. The van der Waals surface area contributed by atoms with Crippen LogP contribution in [0.25, 0.3) is 10.9 Å². The number of amides is 1. The molecule has 2 aromatic rings. The molecule has 0 saturated carbocycles. The summed E-state index contributed by atoms with van der Waals surface area (Å²) in [4.78, 5) is 30.2. The maximum Gasteiger partial charge on any atom is 0.252 e. The number of fused-ring (bicyclic) bond motifs is 1. The lowest BCUT2D eigenvalue weighted by atomic mass is 9.94. The maximum absolute atomic E-state index is 12.4. The summed E-state index contributed by atoms with van der Waals surface area (Å²) < 4.78 is 0. The number of anilines is 1. The molecule has 1 aliphatic heterocycles. The second-order valence-corrected chi connectivity index (χ2v) is 6.85. The lowest BCUT2D eigenvalue weighted by molar-refractivity contribution is -0.113. The van der Waals surface area contributed by atoms with Crippen LogP contribution >= 0.6 is 0 Å². The van der Waals surface area contributed by atoms with Crippen molar-refractivity contribution in [3.8, 4) is 0 Å². The molecule has 0 spiro atoms. The Morgan fingerprint density at radius 3 is 2.74 bits per heavy atom. The Hall–Kier alpha value is -2.51. The van der Waals surface area contributed by atoms with Crippen LogP contribution in [0.2, 0.25) is 0 Å². The fourth-order valence-electron chi connectivity index (χ4n) is 3.10. The molecular formula is C20H23BN4O2. The van der Waals surface area contributed by atoms with Gasteiger partial charge < -0.3 is 10.6 Å². The van der Waals surface area contributed by atoms with Crippen LogP contribution in [0.15, 0.2) is 35.4 Å². The summed E-state index contributed by atoms with van der Waals surface area (Å²) >= 11 is 0. The molecule has 1 amide bonds. The number of hydrogen-bond donors (Lipinski definition) is 2. The molecule has 138 valence electrons. The summed E-state index contributed by atoms with van der Waals surface area (Å²) in [6.07, 6.45) is 0.680. The zero-order valence-corrected chi connectivity index (χ0v) is 15.7. The van der Waals surface area contributed by atoms with E-state index in [-0.39, 0.29) is 5.91 Å². The first kappa shape index (κ1) is 19.3. The van der Waals surface area contributed by atoms with Crippen LogP contribution in [0.4, 0.5) is 5.82 Å². The van der Waals surface area contributed by atoms with E-state index in [2.05, 4.69) is 20.5 Å². The quantitative estimate of drug-likeness (QED) is 0.470. The number of carbonyl (C=O) groups excluding carboxylic acids is 2. The number of pyridine rings is 1. The van der Waals surface area contributed by atoms with Gasteiger partial charge in [-0.1, -0.05) is 17.6 Å². The van der Waals surface area contributed by atoms with E-state index in [1.807, 2.05) is 24.3 Å². The molecule has 1 fully saturated rings. The lowest BCUT2D eigenvalue weighted by Crippen LogP contribution is -2.42. The zero-order valence-electron chi connectivity index (χ0n) is 15.7. The molecule has 6 nitrogen and oxygen atoms in total. The van der Waals surface area contributed by atoms with Gasteiger partial charge in [0.05, 0.1) is 5.52 Å². The number of aldehydes is 1. The molecule has 0 unspecified atom stereocenters. The van der Waals surface area contributed by atoms with Gasteiger partial charge in [-0.2, -0.15) is 0 Å². The summed E-state index contributed by atoms with van der Waals surface area (Å²) in [5, 5.41) is 7.18. The van der Waals surface area contributed by atoms with Gasteiger partial charge in [-0.05, 0) is 37.1 Å². The molecule has 1 aromatic heterocycles. The van der Waals surface area contributed by atoms with Crippen molar-refractivity contribution in [2.45, 2.75) is 20.4 Å². The molecule has 1 saturated heterocycles. The topological polar surface area (TPSA) is 74.3 Å². The molecule has 2 heterocycles. The molecule has 7 heteroatoms. The van der Waals surface area contributed by atoms with E-state index >= 15 is 0 Å². The first-order valence-electron chi connectivity index (χ1n) is 9.04. The Morgan fingerprint density at radius 1 is 1.30 bits per heavy atom. The minimum Gasteiger partial charge on any atom is -0.314 e. The number of nitrogens with zero attached hydrogens (tertiary/aromatic N) is 2. The Labute approximate surface area is 160 Å². The highest BCUT2D eigenvalue weighted by Crippen LogP contribution is 2.22. The van der Waals surface area contributed by atoms with Crippen LogP contribution in [0.5, 0.6) is 0 Å². The summed E-state index contributed by atoms with van der Waals surface area (Å²) in [6.45, 7) is 7.90. The molecule has 2 radical (unpaired) electrons. The Balaban J connectivity index is 1.95. The number of allylic oxidation sites excluding steroid dienone is 1.